The fourth-order valence-electron chi connectivity index (χ4n) is 3.00. The standard InChI is InChI=1S/C18H20Cl2N2O4S2/c1-13-11-18(17(20)12-16(13)19)27(23,24)21-14-5-7-15(8-6-14)28(25,26)22-9-3-2-4-10-22/h5-8,11-12,21H,2-4,9-10H2,1H3. The van der Waals surface area contributed by atoms with E-state index in [0.29, 0.717) is 23.7 Å². The maximum atomic E-state index is 12.7. The lowest BCUT2D eigenvalue weighted by molar-refractivity contribution is 0.346. The number of nitrogens with one attached hydrogen (secondary N) is 1. The molecule has 10 heteroatoms. The summed E-state index contributed by atoms with van der Waals surface area (Å²) in [6.07, 6.45) is 2.72. The molecule has 152 valence electrons. The van der Waals surface area contributed by atoms with E-state index < -0.39 is 20.0 Å². The summed E-state index contributed by atoms with van der Waals surface area (Å²) >= 11 is 12.0. The molecule has 1 saturated heterocycles. The molecule has 0 aromatic heterocycles. The van der Waals surface area contributed by atoms with Crippen molar-refractivity contribution in [1.29, 1.82) is 0 Å². The van der Waals surface area contributed by atoms with Crippen molar-refractivity contribution in [2.75, 3.05) is 17.8 Å². The second kappa shape index (κ2) is 8.20. The van der Waals surface area contributed by atoms with Gasteiger partial charge in [0.05, 0.1) is 9.92 Å². The van der Waals surface area contributed by atoms with Crippen LogP contribution in [0.5, 0.6) is 0 Å². The monoisotopic (exact) mass is 462 g/mol. The van der Waals surface area contributed by atoms with Crippen LogP contribution in [-0.2, 0) is 20.0 Å². The van der Waals surface area contributed by atoms with Crippen molar-refractivity contribution in [3.05, 3.63) is 52.0 Å². The van der Waals surface area contributed by atoms with E-state index in [2.05, 4.69) is 4.72 Å². The molecule has 0 unspecified atom stereocenters. The van der Waals surface area contributed by atoms with Crippen molar-refractivity contribution in [2.45, 2.75) is 36.0 Å². The Labute approximate surface area is 175 Å². The molecule has 0 atom stereocenters. The summed E-state index contributed by atoms with van der Waals surface area (Å²) in [4.78, 5) is 0.0406. The largest absolute Gasteiger partial charge is 0.280 e. The summed E-state index contributed by atoms with van der Waals surface area (Å²) in [5.41, 5.74) is 0.815. The molecule has 0 bridgehead atoms. The Morgan fingerprint density at radius 3 is 2.11 bits per heavy atom. The van der Waals surface area contributed by atoms with E-state index in [4.69, 9.17) is 23.2 Å². The second-order valence-corrected chi connectivity index (χ2v) is 11.0. The second-order valence-electron chi connectivity index (χ2n) is 6.63. The number of hydrogen-bond donors (Lipinski definition) is 1. The highest BCUT2D eigenvalue weighted by atomic mass is 35.5. The Hall–Kier alpha value is -1.32. The van der Waals surface area contributed by atoms with Gasteiger partial charge >= 0.3 is 0 Å². The summed E-state index contributed by atoms with van der Waals surface area (Å²) in [5.74, 6) is 0. The van der Waals surface area contributed by atoms with Gasteiger partial charge in [-0.25, -0.2) is 16.8 Å². The molecule has 1 fully saturated rings. The zero-order chi connectivity index (χ0) is 20.5. The molecule has 1 heterocycles. The summed E-state index contributed by atoms with van der Waals surface area (Å²) < 4.78 is 54.5. The first-order valence-corrected chi connectivity index (χ1v) is 12.4. The number of benzene rings is 2. The first kappa shape index (κ1) is 21.4. The van der Waals surface area contributed by atoms with Gasteiger partial charge in [-0.15, -0.1) is 0 Å². The van der Waals surface area contributed by atoms with Crippen LogP contribution in [0.4, 0.5) is 5.69 Å². The number of sulfonamides is 2. The average Bonchev–Trinajstić information content (AvgIpc) is 2.65. The van der Waals surface area contributed by atoms with Crippen molar-refractivity contribution in [3.8, 4) is 0 Å². The van der Waals surface area contributed by atoms with Gasteiger partial charge in [-0.3, -0.25) is 4.72 Å². The fourth-order valence-corrected chi connectivity index (χ4v) is 6.40. The molecule has 1 N–H and O–H groups in total. The van der Waals surface area contributed by atoms with E-state index in [1.165, 1.54) is 40.7 Å². The Bertz CT molecular complexity index is 1080. The molecule has 0 spiro atoms. The lowest BCUT2D eigenvalue weighted by Gasteiger charge is -2.25. The number of anilines is 1. The molecule has 2 aromatic rings. The Balaban J connectivity index is 1.83. The van der Waals surface area contributed by atoms with Gasteiger partial charge in [0, 0.05) is 23.8 Å². The molecule has 1 aliphatic heterocycles. The summed E-state index contributed by atoms with van der Waals surface area (Å²) in [7, 11) is -7.52. The predicted octanol–water partition coefficient (Wildman–Crippen LogP) is 4.28. The van der Waals surface area contributed by atoms with Crippen LogP contribution >= 0.6 is 23.2 Å². The lowest BCUT2D eigenvalue weighted by Crippen LogP contribution is -2.35. The van der Waals surface area contributed by atoms with E-state index in [0.717, 1.165) is 19.3 Å². The van der Waals surface area contributed by atoms with Crippen molar-refractivity contribution in [2.24, 2.45) is 0 Å². The van der Waals surface area contributed by atoms with E-state index in [-0.39, 0.29) is 20.5 Å². The molecule has 3 rings (SSSR count). The van der Waals surface area contributed by atoms with Gasteiger partial charge in [0.1, 0.15) is 4.90 Å². The number of rotatable bonds is 5. The highest BCUT2D eigenvalue weighted by molar-refractivity contribution is 7.92. The predicted molar refractivity (Wildman–Crippen MR) is 111 cm³/mol. The van der Waals surface area contributed by atoms with Gasteiger partial charge < -0.3 is 0 Å². The molecule has 6 nitrogen and oxygen atoms in total. The van der Waals surface area contributed by atoms with Gasteiger partial charge in [0.2, 0.25) is 10.0 Å². The normalized spacial score (nSPS) is 16.1. The SMILES string of the molecule is Cc1cc(S(=O)(=O)Nc2ccc(S(=O)(=O)N3CCCCC3)cc2)c(Cl)cc1Cl. The first-order chi connectivity index (χ1) is 13.1. The van der Waals surface area contributed by atoms with Gasteiger partial charge in [-0.1, -0.05) is 29.6 Å². The van der Waals surface area contributed by atoms with Crippen molar-refractivity contribution in [3.63, 3.8) is 0 Å². The maximum absolute atomic E-state index is 12.7. The van der Waals surface area contributed by atoms with Gasteiger partial charge in [-0.05, 0) is 61.7 Å². The third-order valence-electron chi connectivity index (χ3n) is 4.56. The minimum absolute atomic E-state index is 0.00685. The molecular formula is C18H20Cl2N2O4S2. The number of halogens is 2. The number of nitrogens with zero attached hydrogens (tertiary/aromatic N) is 1. The van der Waals surface area contributed by atoms with Crippen LogP contribution in [-0.4, -0.2) is 34.2 Å². The Kier molecular flexibility index (Phi) is 6.26. The topological polar surface area (TPSA) is 83.5 Å². The van der Waals surface area contributed by atoms with Gasteiger partial charge in [0.15, 0.2) is 0 Å². The first-order valence-electron chi connectivity index (χ1n) is 8.70. The van der Waals surface area contributed by atoms with E-state index >= 15 is 0 Å². The maximum Gasteiger partial charge on any atom is 0.263 e. The molecule has 0 saturated carbocycles. The number of piperidine rings is 1. The van der Waals surface area contributed by atoms with Crippen molar-refractivity contribution in [1.82, 2.24) is 4.31 Å². The van der Waals surface area contributed by atoms with E-state index in [1.54, 1.807) is 6.92 Å². The van der Waals surface area contributed by atoms with Crippen LogP contribution in [0.3, 0.4) is 0 Å². The van der Waals surface area contributed by atoms with Crippen LogP contribution in [0.15, 0.2) is 46.2 Å². The molecule has 28 heavy (non-hydrogen) atoms. The zero-order valence-electron chi connectivity index (χ0n) is 15.2. The van der Waals surface area contributed by atoms with Crippen molar-refractivity contribution < 1.29 is 16.8 Å². The molecule has 0 amide bonds. The minimum atomic E-state index is -3.95. The highest BCUT2D eigenvalue weighted by Crippen LogP contribution is 2.30. The number of hydrogen-bond acceptors (Lipinski definition) is 4. The summed E-state index contributed by atoms with van der Waals surface area (Å²) in [5, 5.41) is 0.378. The highest BCUT2D eigenvalue weighted by Gasteiger charge is 2.26. The van der Waals surface area contributed by atoms with Gasteiger partial charge in [0.25, 0.3) is 10.0 Å². The van der Waals surface area contributed by atoms with Crippen LogP contribution in [0.2, 0.25) is 10.0 Å². The van der Waals surface area contributed by atoms with Gasteiger partial charge in [-0.2, -0.15) is 4.31 Å². The summed E-state index contributed by atoms with van der Waals surface area (Å²) in [6.45, 7) is 2.69. The van der Waals surface area contributed by atoms with Crippen LogP contribution in [0.25, 0.3) is 0 Å². The number of aryl methyl sites for hydroxylation is 1. The zero-order valence-corrected chi connectivity index (χ0v) is 18.3. The average molecular weight is 463 g/mol. The third-order valence-corrected chi connectivity index (χ3v) is 8.73. The molecular weight excluding hydrogens is 443 g/mol. The smallest absolute Gasteiger partial charge is 0.263 e. The molecule has 2 aromatic carbocycles. The van der Waals surface area contributed by atoms with E-state index in [9.17, 15) is 16.8 Å². The molecule has 0 radical (unpaired) electrons. The van der Waals surface area contributed by atoms with Crippen molar-refractivity contribution >= 4 is 48.9 Å². The van der Waals surface area contributed by atoms with Crippen LogP contribution < -0.4 is 4.72 Å². The Morgan fingerprint density at radius 1 is 0.893 bits per heavy atom. The summed E-state index contributed by atoms with van der Waals surface area (Å²) in [6, 6.07) is 8.41. The minimum Gasteiger partial charge on any atom is -0.280 e. The Morgan fingerprint density at radius 2 is 1.50 bits per heavy atom. The quantitative estimate of drug-likeness (QED) is 0.718. The van der Waals surface area contributed by atoms with Crippen LogP contribution in [0.1, 0.15) is 24.8 Å². The molecule has 1 aliphatic rings. The van der Waals surface area contributed by atoms with E-state index in [1.807, 2.05) is 0 Å². The third kappa shape index (κ3) is 4.46. The molecule has 0 aliphatic carbocycles. The fraction of sp³-hybridized carbons (Fsp3) is 0.333. The van der Waals surface area contributed by atoms with Crippen LogP contribution in [0, 0.1) is 6.92 Å². The lowest BCUT2D eigenvalue weighted by atomic mass is 10.2.